The third-order valence-electron chi connectivity index (χ3n) is 4.14. The molecule has 2 rings (SSSR count). The zero-order valence-corrected chi connectivity index (χ0v) is 11.3. The Bertz CT molecular complexity index is 273. The maximum absolute atomic E-state index is 12.0. The van der Waals surface area contributed by atoms with Gasteiger partial charge in [-0.3, -0.25) is 4.79 Å². The highest BCUT2D eigenvalue weighted by atomic mass is 16.3. The van der Waals surface area contributed by atoms with Crippen molar-refractivity contribution in [1.29, 1.82) is 0 Å². The number of nitrogens with one attached hydrogen (secondary N) is 2. The molecule has 0 spiro atoms. The SMILES string of the molecule is CC(NCC(O)C1CC1)C(=O)NC1CCCCC1. The van der Waals surface area contributed by atoms with Crippen LogP contribution in [0.4, 0.5) is 0 Å². The first-order chi connectivity index (χ1) is 8.66. The van der Waals surface area contributed by atoms with E-state index in [2.05, 4.69) is 10.6 Å². The van der Waals surface area contributed by atoms with Gasteiger partial charge < -0.3 is 15.7 Å². The molecule has 0 heterocycles. The minimum absolute atomic E-state index is 0.0740. The normalized spacial score (nSPS) is 24.6. The van der Waals surface area contributed by atoms with Gasteiger partial charge in [0.25, 0.3) is 0 Å². The quantitative estimate of drug-likeness (QED) is 0.667. The summed E-state index contributed by atoms with van der Waals surface area (Å²) in [5, 5.41) is 16.0. The molecule has 4 heteroatoms. The molecule has 0 bridgehead atoms. The number of carbonyl (C=O) groups is 1. The predicted octanol–water partition coefficient (Wildman–Crippen LogP) is 1.18. The highest BCUT2D eigenvalue weighted by Gasteiger charge is 2.30. The lowest BCUT2D eigenvalue weighted by atomic mass is 9.95. The van der Waals surface area contributed by atoms with Crippen LogP contribution < -0.4 is 10.6 Å². The van der Waals surface area contributed by atoms with Crippen LogP contribution in [0.25, 0.3) is 0 Å². The molecule has 1 amide bonds. The fraction of sp³-hybridized carbons (Fsp3) is 0.929. The molecule has 2 atom stereocenters. The van der Waals surface area contributed by atoms with Gasteiger partial charge >= 0.3 is 0 Å². The summed E-state index contributed by atoms with van der Waals surface area (Å²) in [6, 6.07) is 0.157. The largest absolute Gasteiger partial charge is 0.392 e. The minimum atomic E-state index is -0.282. The molecule has 18 heavy (non-hydrogen) atoms. The van der Waals surface area contributed by atoms with Crippen LogP contribution in [0.2, 0.25) is 0 Å². The van der Waals surface area contributed by atoms with Crippen molar-refractivity contribution in [3.8, 4) is 0 Å². The van der Waals surface area contributed by atoms with Crippen molar-refractivity contribution in [2.24, 2.45) is 5.92 Å². The first-order valence-corrected chi connectivity index (χ1v) is 7.38. The Morgan fingerprint density at radius 3 is 2.50 bits per heavy atom. The summed E-state index contributed by atoms with van der Waals surface area (Å²) in [6.07, 6.45) is 7.96. The predicted molar refractivity (Wildman–Crippen MR) is 71.2 cm³/mol. The van der Waals surface area contributed by atoms with Crippen LogP contribution in [0, 0.1) is 5.92 Å². The minimum Gasteiger partial charge on any atom is -0.392 e. The Hall–Kier alpha value is -0.610. The van der Waals surface area contributed by atoms with Crippen molar-refractivity contribution >= 4 is 5.91 Å². The molecular formula is C14H26N2O2. The van der Waals surface area contributed by atoms with Crippen LogP contribution >= 0.6 is 0 Å². The van der Waals surface area contributed by atoms with Gasteiger partial charge in [-0.15, -0.1) is 0 Å². The Kier molecular flexibility index (Phi) is 5.01. The lowest BCUT2D eigenvalue weighted by Crippen LogP contribution is -2.48. The van der Waals surface area contributed by atoms with Gasteiger partial charge in [-0.05, 0) is 38.5 Å². The number of carbonyl (C=O) groups excluding carboxylic acids is 1. The molecule has 0 aromatic heterocycles. The van der Waals surface area contributed by atoms with E-state index in [0.717, 1.165) is 25.7 Å². The molecule has 2 unspecified atom stereocenters. The molecule has 104 valence electrons. The van der Waals surface area contributed by atoms with Crippen molar-refractivity contribution in [2.45, 2.75) is 70.1 Å². The molecule has 3 N–H and O–H groups in total. The summed E-state index contributed by atoms with van der Waals surface area (Å²) < 4.78 is 0. The zero-order valence-electron chi connectivity index (χ0n) is 11.3. The number of hydrogen-bond donors (Lipinski definition) is 3. The van der Waals surface area contributed by atoms with E-state index in [-0.39, 0.29) is 18.1 Å². The first-order valence-electron chi connectivity index (χ1n) is 7.38. The van der Waals surface area contributed by atoms with E-state index in [9.17, 15) is 9.90 Å². The lowest BCUT2D eigenvalue weighted by Gasteiger charge is -2.25. The van der Waals surface area contributed by atoms with Crippen LogP contribution in [0.3, 0.4) is 0 Å². The maximum Gasteiger partial charge on any atom is 0.237 e. The van der Waals surface area contributed by atoms with Crippen LogP contribution in [0.1, 0.15) is 51.9 Å². The van der Waals surface area contributed by atoms with E-state index in [0.29, 0.717) is 18.5 Å². The van der Waals surface area contributed by atoms with Crippen LogP contribution in [0.5, 0.6) is 0 Å². The summed E-state index contributed by atoms with van der Waals surface area (Å²) in [7, 11) is 0. The van der Waals surface area contributed by atoms with Crippen molar-refractivity contribution in [3.63, 3.8) is 0 Å². The van der Waals surface area contributed by atoms with Crippen LogP contribution in [-0.2, 0) is 4.79 Å². The molecule has 0 aliphatic heterocycles. The zero-order chi connectivity index (χ0) is 13.0. The summed E-state index contributed by atoms with van der Waals surface area (Å²) in [5.74, 6) is 0.538. The molecule has 0 aromatic carbocycles. The van der Waals surface area contributed by atoms with E-state index in [4.69, 9.17) is 0 Å². The van der Waals surface area contributed by atoms with E-state index in [1.807, 2.05) is 6.92 Å². The molecule has 2 aliphatic carbocycles. The average Bonchev–Trinajstić information content (AvgIpc) is 3.21. The number of amides is 1. The van der Waals surface area contributed by atoms with Crippen molar-refractivity contribution in [3.05, 3.63) is 0 Å². The fourth-order valence-electron chi connectivity index (χ4n) is 2.61. The second-order valence-electron chi connectivity index (χ2n) is 5.88. The number of rotatable bonds is 6. The Morgan fingerprint density at radius 1 is 1.22 bits per heavy atom. The number of aliphatic hydroxyl groups excluding tert-OH is 1. The molecule has 0 aromatic rings. The van der Waals surface area contributed by atoms with Gasteiger partial charge in [0.2, 0.25) is 5.91 Å². The van der Waals surface area contributed by atoms with E-state index in [1.165, 1.54) is 19.3 Å². The third kappa shape index (κ3) is 4.25. The van der Waals surface area contributed by atoms with Gasteiger partial charge in [0.1, 0.15) is 0 Å². The average molecular weight is 254 g/mol. The van der Waals surface area contributed by atoms with Gasteiger partial charge in [-0.25, -0.2) is 0 Å². The summed E-state index contributed by atoms with van der Waals surface area (Å²) in [5.41, 5.74) is 0. The van der Waals surface area contributed by atoms with Gasteiger partial charge in [0, 0.05) is 12.6 Å². The lowest BCUT2D eigenvalue weighted by molar-refractivity contribution is -0.123. The molecule has 0 saturated heterocycles. The Morgan fingerprint density at radius 2 is 1.89 bits per heavy atom. The van der Waals surface area contributed by atoms with E-state index < -0.39 is 0 Å². The molecule has 4 nitrogen and oxygen atoms in total. The molecular weight excluding hydrogens is 228 g/mol. The molecule has 2 fully saturated rings. The second kappa shape index (κ2) is 6.53. The maximum atomic E-state index is 12.0. The van der Waals surface area contributed by atoms with Crippen molar-refractivity contribution < 1.29 is 9.90 Å². The summed E-state index contributed by atoms with van der Waals surface area (Å²) in [4.78, 5) is 12.0. The van der Waals surface area contributed by atoms with Gasteiger partial charge in [-0.2, -0.15) is 0 Å². The first kappa shape index (κ1) is 13.8. The highest BCUT2D eigenvalue weighted by molar-refractivity contribution is 5.81. The third-order valence-corrected chi connectivity index (χ3v) is 4.14. The van der Waals surface area contributed by atoms with Gasteiger partial charge in [-0.1, -0.05) is 19.3 Å². The van der Waals surface area contributed by atoms with Crippen LogP contribution in [0.15, 0.2) is 0 Å². The number of aliphatic hydroxyl groups is 1. The monoisotopic (exact) mass is 254 g/mol. The summed E-state index contributed by atoms with van der Waals surface area (Å²) >= 11 is 0. The summed E-state index contributed by atoms with van der Waals surface area (Å²) in [6.45, 7) is 2.40. The topological polar surface area (TPSA) is 61.4 Å². The standard InChI is InChI=1S/C14H26N2O2/c1-10(15-9-13(17)11-7-8-11)14(18)16-12-5-3-2-4-6-12/h10-13,15,17H,2-9H2,1H3,(H,16,18). The highest BCUT2D eigenvalue weighted by Crippen LogP contribution is 2.32. The molecule has 0 radical (unpaired) electrons. The Labute approximate surface area is 110 Å². The molecule has 2 saturated carbocycles. The second-order valence-corrected chi connectivity index (χ2v) is 5.88. The Balaban J connectivity index is 1.63. The van der Waals surface area contributed by atoms with Crippen molar-refractivity contribution in [1.82, 2.24) is 10.6 Å². The van der Waals surface area contributed by atoms with E-state index in [1.54, 1.807) is 0 Å². The van der Waals surface area contributed by atoms with Gasteiger partial charge in [0.15, 0.2) is 0 Å². The van der Waals surface area contributed by atoms with Crippen molar-refractivity contribution in [2.75, 3.05) is 6.54 Å². The number of hydrogen-bond acceptors (Lipinski definition) is 3. The van der Waals surface area contributed by atoms with E-state index >= 15 is 0 Å². The van der Waals surface area contributed by atoms with Crippen LogP contribution in [-0.4, -0.2) is 35.7 Å². The fourth-order valence-corrected chi connectivity index (χ4v) is 2.61. The molecule has 2 aliphatic rings. The smallest absolute Gasteiger partial charge is 0.237 e. The van der Waals surface area contributed by atoms with Gasteiger partial charge in [0.05, 0.1) is 12.1 Å².